The second kappa shape index (κ2) is 7.95. The van der Waals surface area contributed by atoms with E-state index in [4.69, 9.17) is 11.6 Å². The van der Waals surface area contributed by atoms with Crippen LogP contribution in [0, 0.1) is 0 Å². The first-order valence-corrected chi connectivity index (χ1v) is 9.31. The highest BCUT2D eigenvalue weighted by Crippen LogP contribution is 2.35. The normalized spacial score (nSPS) is 12.0. The zero-order chi connectivity index (χ0) is 20.4. The molecule has 4 aromatic rings. The molecule has 1 amide bonds. The van der Waals surface area contributed by atoms with Crippen molar-refractivity contribution in [3.63, 3.8) is 0 Å². The first kappa shape index (κ1) is 19.0. The molecule has 29 heavy (non-hydrogen) atoms. The number of hydrogen-bond donors (Lipinski definition) is 3. The van der Waals surface area contributed by atoms with Crippen molar-refractivity contribution in [1.82, 2.24) is 4.98 Å². The summed E-state index contributed by atoms with van der Waals surface area (Å²) in [6, 6.07) is 20.1. The maximum absolute atomic E-state index is 11.4. The number of methoxy groups -OCH3 is 1. The summed E-state index contributed by atoms with van der Waals surface area (Å²) >= 11 is 6.36. The van der Waals surface area contributed by atoms with Crippen LogP contribution in [0.3, 0.4) is 0 Å². The van der Waals surface area contributed by atoms with Gasteiger partial charge in [-0.3, -0.25) is 5.32 Å². The minimum atomic E-state index is -1.03. The second-order valence-electron chi connectivity index (χ2n) is 6.43. The Morgan fingerprint density at radius 1 is 1.07 bits per heavy atom. The summed E-state index contributed by atoms with van der Waals surface area (Å²) in [5.74, 6) is 0. The number of halogens is 1. The lowest BCUT2D eigenvalue weighted by Gasteiger charge is -2.19. The Kier molecular flexibility index (Phi) is 5.20. The highest BCUT2D eigenvalue weighted by Gasteiger charge is 2.15. The number of nitrogens with zero attached hydrogens (tertiary/aromatic N) is 1. The number of para-hydroxylation sites is 2. The molecule has 0 aliphatic rings. The summed E-state index contributed by atoms with van der Waals surface area (Å²) in [6.45, 7) is 0. The van der Waals surface area contributed by atoms with Gasteiger partial charge in [-0.2, -0.15) is 0 Å². The summed E-state index contributed by atoms with van der Waals surface area (Å²) in [5.41, 5.74) is 3.25. The molecule has 4 rings (SSSR count). The fraction of sp³-hybridized carbons (Fsp3) is 0.0909. The van der Waals surface area contributed by atoms with Gasteiger partial charge in [-0.05, 0) is 24.3 Å². The summed E-state index contributed by atoms with van der Waals surface area (Å²) in [6.07, 6.45) is -1.60. The average molecular weight is 408 g/mol. The summed E-state index contributed by atoms with van der Waals surface area (Å²) in [7, 11) is 1.29. The number of carbonyl (C=O) groups is 1. The van der Waals surface area contributed by atoms with Crippen LogP contribution in [-0.4, -0.2) is 23.3 Å². The monoisotopic (exact) mass is 407 g/mol. The van der Waals surface area contributed by atoms with E-state index in [1.165, 1.54) is 7.11 Å². The lowest BCUT2D eigenvalue weighted by molar-refractivity contribution is 0.187. The fourth-order valence-corrected chi connectivity index (χ4v) is 3.43. The van der Waals surface area contributed by atoms with Gasteiger partial charge in [-0.25, -0.2) is 9.78 Å². The van der Waals surface area contributed by atoms with Crippen LogP contribution in [0.25, 0.3) is 21.8 Å². The van der Waals surface area contributed by atoms with E-state index in [1.54, 1.807) is 30.3 Å². The van der Waals surface area contributed by atoms with Crippen molar-refractivity contribution in [1.29, 1.82) is 0 Å². The molecule has 1 heterocycles. The minimum Gasteiger partial charge on any atom is -0.453 e. The minimum absolute atomic E-state index is 0.516. The first-order chi connectivity index (χ1) is 14.1. The predicted molar refractivity (Wildman–Crippen MR) is 115 cm³/mol. The highest BCUT2D eigenvalue weighted by atomic mass is 35.5. The number of carbonyl (C=O) groups excluding carboxylic acids is 1. The van der Waals surface area contributed by atoms with Gasteiger partial charge in [0.2, 0.25) is 0 Å². The van der Waals surface area contributed by atoms with E-state index < -0.39 is 12.3 Å². The topological polar surface area (TPSA) is 83.5 Å². The molecule has 7 heteroatoms. The van der Waals surface area contributed by atoms with Gasteiger partial charge >= 0.3 is 6.09 Å². The van der Waals surface area contributed by atoms with Gasteiger partial charge in [-0.15, -0.1) is 0 Å². The van der Waals surface area contributed by atoms with Crippen LogP contribution in [-0.2, 0) is 4.74 Å². The molecule has 6 nitrogen and oxygen atoms in total. The zero-order valence-corrected chi connectivity index (χ0v) is 16.3. The van der Waals surface area contributed by atoms with E-state index in [-0.39, 0.29) is 0 Å². The molecule has 1 unspecified atom stereocenters. The van der Waals surface area contributed by atoms with Gasteiger partial charge in [0.05, 0.1) is 28.9 Å². The third-order valence-electron chi connectivity index (χ3n) is 4.58. The maximum atomic E-state index is 11.4. The molecule has 1 atom stereocenters. The number of aliphatic hydroxyl groups excluding tert-OH is 1. The number of hydrogen-bond acceptors (Lipinski definition) is 5. The standard InChI is InChI=1S/C22H18ClN3O3/c1-29-22(28)24-14-7-4-6-13(12-14)21(27)26-19-15-8-2-3-11-18(15)25-20-16(19)9-5-10-17(20)23/h2-12,21,27H,1H3,(H,24,28)(H,25,26). The van der Waals surface area contributed by atoms with Crippen molar-refractivity contribution < 1.29 is 14.6 Å². The number of pyridine rings is 1. The molecule has 0 aliphatic carbocycles. The van der Waals surface area contributed by atoms with Crippen molar-refractivity contribution in [2.24, 2.45) is 0 Å². The highest BCUT2D eigenvalue weighted by molar-refractivity contribution is 6.35. The molecule has 0 spiro atoms. The number of anilines is 2. The average Bonchev–Trinajstić information content (AvgIpc) is 2.74. The van der Waals surface area contributed by atoms with Crippen LogP contribution in [0.15, 0.2) is 66.7 Å². The molecule has 0 fully saturated rings. The molecule has 0 aliphatic heterocycles. The van der Waals surface area contributed by atoms with Crippen molar-refractivity contribution in [3.05, 3.63) is 77.3 Å². The molecule has 146 valence electrons. The molecule has 3 aromatic carbocycles. The third kappa shape index (κ3) is 3.81. The van der Waals surface area contributed by atoms with Crippen molar-refractivity contribution in [2.75, 3.05) is 17.7 Å². The van der Waals surface area contributed by atoms with Gasteiger partial charge in [0, 0.05) is 22.0 Å². The van der Waals surface area contributed by atoms with E-state index in [1.807, 2.05) is 36.4 Å². The SMILES string of the molecule is COC(=O)Nc1cccc(C(O)Nc2c3ccccc3nc3c(Cl)cccc23)c1. The lowest BCUT2D eigenvalue weighted by atomic mass is 10.1. The predicted octanol–water partition coefficient (Wildman–Crippen LogP) is 5.32. The van der Waals surface area contributed by atoms with E-state index in [2.05, 4.69) is 20.4 Å². The number of rotatable bonds is 4. The second-order valence-corrected chi connectivity index (χ2v) is 6.84. The number of amides is 1. The van der Waals surface area contributed by atoms with Crippen molar-refractivity contribution >= 4 is 50.9 Å². The molecule has 0 saturated carbocycles. The number of aromatic nitrogens is 1. The number of benzene rings is 3. The smallest absolute Gasteiger partial charge is 0.411 e. The largest absolute Gasteiger partial charge is 0.453 e. The Morgan fingerprint density at radius 3 is 2.66 bits per heavy atom. The third-order valence-corrected chi connectivity index (χ3v) is 4.88. The van der Waals surface area contributed by atoms with Gasteiger partial charge in [-0.1, -0.05) is 54.1 Å². The molecule has 0 bridgehead atoms. The lowest BCUT2D eigenvalue weighted by Crippen LogP contribution is -2.13. The van der Waals surface area contributed by atoms with Gasteiger partial charge in [0.15, 0.2) is 6.23 Å². The van der Waals surface area contributed by atoms with Crippen molar-refractivity contribution in [3.8, 4) is 0 Å². The van der Waals surface area contributed by atoms with Crippen molar-refractivity contribution in [2.45, 2.75) is 6.23 Å². The molecule has 3 N–H and O–H groups in total. The van der Waals surface area contributed by atoms with Crippen LogP contribution in [0.5, 0.6) is 0 Å². The number of ether oxygens (including phenoxy) is 1. The van der Waals surface area contributed by atoms with Gasteiger partial charge in [0.25, 0.3) is 0 Å². The van der Waals surface area contributed by atoms with E-state index in [9.17, 15) is 9.90 Å². The van der Waals surface area contributed by atoms with Crippen LogP contribution < -0.4 is 10.6 Å². The maximum Gasteiger partial charge on any atom is 0.411 e. The van der Waals surface area contributed by atoms with E-state index in [0.29, 0.717) is 21.8 Å². The Morgan fingerprint density at radius 2 is 1.83 bits per heavy atom. The van der Waals surface area contributed by atoms with E-state index in [0.717, 1.165) is 22.0 Å². The quantitative estimate of drug-likeness (QED) is 0.315. The molecular weight excluding hydrogens is 390 g/mol. The fourth-order valence-electron chi connectivity index (χ4n) is 3.21. The number of aliphatic hydroxyl groups is 1. The van der Waals surface area contributed by atoms with Crippen LogP contribution in [0.1, 0.15) is 11.8 Å². The Labute approximate surface area is 172 Å². The van der Waals surface area contributed by atoms with Crippen LogP contribution in [0.4, 0.5) is 16.2 Å². The molecule has 0 radical (unpaired) electrons. The van der Waals surface area contributed by atoms with Crippen LogP contribution >= 0.6 is 11.6 Å². The number of fused-ring (bicyclic) bond motifs is 2. The Hall–Kier alpha value is -3.35. The van der Waals surface area contributed by atoms with E-state index >= 15 is 0 Å². The number of nitrogens with one attached hydrogen (secondary N) is 2. The van der Waals surface area contributed by atoms with Gasteiger partial charge in [0.1, 0.15) is 0 Å². The summed E-state index contributed by atoms with van der Waals surface area (Å²) in [4.78, 5) is 16.1. The molecule has 0 saturated heterocycles. The first-order valence-electron chi connectivity index (χ1n) is 8.93. The summed E-state index contributed by atoms with van der Waals surface area (Å²) in [5, 5.41) is 18.8. The molecule has 1 aromatic heterocycles. The summed E-state index contributed by atoms with van der Waals surface area (Å²) < 4.78 is 4.61. The molecular formula is C22H18ClN3O3. The van der Waals surface area contributed by atoms with Gasteiger partial charge < -0.3 is 15.2 Å². The Bertz CT molecular complexity index is 1210. The zero-order valence-electron chi connectivity index (χ0n) is 15.5. The Balaban J connectivity index is 1.76. The van der Waals surface area contributed by atoms with Crippen LogP contribution in [0.2, 0.25) is 5.02 Å².